The summed E-state index contributed by atoms with van der Waals surface area (Å²) >= 11 is 0. The van der Waals surface area contributed by atoms with Crippen LogP contribution in [-0.2, 0) is 15.5 Å². The van der Waals surface area contributed by atoms with Crippen LogP contribution in [0.3, 0.4) is 0 Å². The van der Waals surface area contributed by atoms with E-state index in [1.165, 1.54) is 0 Å². The summed E-state index contributed by atoms with van der Waals surface area (Å²) < 4.78 is 16.8. The minimum absolute atomic E-state index is 0.153. The molecule has 1 N–H and O–H groups in total. The molecule has 0 saturated carbocycles. The molecule has 0 bridgehead atoms. The van der Waals surface area contributed by atoms with Gasteiger partial charge in [0, 0.05) is 41.1 Å². The molecule has 1 fully saturated rings. The highest BCUT2D eigenvalue weighted by Gasteiger charge is 2.12. The summed E-state index contributed by atoms with van der Waals surface area (Å²) in [6, 6.07) is 12.1. The van der Waals surface area contributed by atoms with Gasteiger partial charge in [0.05, 0.1) is 25.1 Å². The van der Waals surface area contributed by atoms with E-state index >= 15 is 0 Å². The molecule has 1 saturated heterocycles. The molecule has 1 aliphatic rings. The van der Waals surface area contributed by atoms with Crippen molar-refractivity contribution in [1.29, 1.82) is 0 Å². The lowest BCUT2D eigenvalue weighted by Crippen LogP contribution is -2.36. The quantitative estimate of drug-likeness (QED) is 0.903. The zero-order valence-corrected chi connectivity index (χ0v) is 14.9. The van der Waals surface area contributed by atoms with Crippen molar-refractivity contribution in [2.24, 2.45) is 0 Å². The first-order valence-corrected chi connectivity index (χ1v) is 9.68. The molecule has 2 heterocycles. The van der Waals surface area contributed by atoms with Crippen LogP contribution in [0.4, 0.5) is 11.5 Å². The Balaban J connectivity index is 1.63. The summed E-state index contributed by atoms with van der Waals surface area (Å²) in [7, 11) is -0.938. The number of benzene rings is 1. The smallest absolute Gasteiger partial charge is 0.128 e. The fourth-order valence-corrected chi connectivity index (χ4v) is 3.25. The topological polar surface area (TPSA) is 54.5 Å². The van der Waals surface area contributed by atoms with E-state index < -0.39 is 10.8 Å². The molecule has 1 aliphatic heterocycles. The van der Waals surface area contributed by atoms with Crippen LogP contribution in [0.25, 0.3) is 0 Å². The SMILES string of the molecule is C[C@H](Nc1ccc(N2CCOCC2)nc1)c1ccc([S@](C)=O)cc1. The van der Waals surface area contributed by atoms with Gasteiger partial charge in [0.1, 0.15) is 5.82 Å². The second-order valence-electron chi connectivity index (χ2n) is 5.89. The van der Waals surface area contributed by atoms with Crippen molar-refractivity contribution in [3.8, 4) is 0 Å². The monoisotopic (exact) mass is 345 g/mol. The average molecular weight is 345 g/mol. The van der Waals surface area contributed by atoms with Crippen molar-refractivity contribution in [3.63, 3.8) is 0 Å². The zero-order chi connectivity index (χ0) is 16.9. The second kappa shape index (κ2) is 7.77. The van der Waals surface area contributed by atoms with Crippen LogP contribution in [0.1, 0.15) is 18.5 Å². The number of nitrogens with zero attached hydrogens (tertiary/aromatic N) is 2. The number of aromatic nitrogens is 1. The van der Waals surface area contributed by atoms with Gasteiger partial charge in [-0.3, -0.25) is 4.21 Å². The van der Waals surface area contributed by atoms with Crippen molar-refractivity contribution >= 4 is 22.3 Å². The van der Waals surface area contributed by atoms with Crippen LogP contribution in [0.2, 0.25) is 0 Å². The third kappa shape index (κ3) is 4.13. The Bertz CT molecular complexity index is 682. The van der Waals surface area contributed by atoms with E-state index in [0.29, 0.717) is 0 Å². The van der Waals surface area contributed by atoms with Crippen LogP contribution < -0.4 is 10.2 Å². The summed E-state index contributed by atoms with van der Waals surface area (Å²) in [5, 5.41) is 3.46. The second-order valence-corrected chi connectivity index (χ2v) is 7.27. The third-order valence-corrected chi connectivity index (χ3v) is 5.11. The number of anilines is 2. The zero-order valence-electron chi connectivity index (χ0n) is 14.1. The molecule has 1 aromatic heterocycles. The van der Waals surface area contributed by atoms with Gasteiger partial charge in [0.15, 0.2) is 0 Å². The van der Waals surface area contributed by atoms with Gasteiger partial charge in [-0.25, -0.2) is 4.98 Å². The maximum absolute atomic E-state index is 11.5. The molecular formula is C18H23N3O2S. The van der Waals surface area contributed by atoms with E-state index in [4.69, 9.17) is 4.74 Å². The fourth-order valence-electron chi connectivity index (χ4n) is 2.73. The van der Waals surface area contributed by atoms with Gasteiger partial charge in [-0.15, -0.1) is 0 Å². The maximum atomic E-state index is 11.5. The Morgan fingerprint density at radius 3 is 2.46 bits per heavy atom. The minimum atomic E-state index is -0.938. The predicted molar refractivity (Wildman–Crippen MR) is 98.1 cm³/mol. The van der Waals surface area contributed by atoms with Gasteiger partial charge in [-0.05, 0) is 36.8 Å². The predicted octanol–water partition coefficient (Wildman–Crippen LogP) is 2.83. The molecule has 2 atom stereocenters. The van der Waals surface area contributed by atoms with E-state index in [9.17, 15) is 4.21 Å². The van der Waals surface area contributed by atoms with Gasteiger partial charge < -0.3 is 15.0 Å². The number of hydrogen-bond acceptors (Lipinski definition) is 5. The van der Waals surface area contributed by atoms with Crippen LogP contribution in [0, 0.1) is 0 Å². The highest BCUT2D eigenvalue weighted by atomic mass is 32.2. The Kier molecular flexibility index (Phi) is 5.48. The van der Waals surface area contributed by atoms with E-state index in [2.05, 4.69) is 28.2 Å². The molecule has 128 valence electrons. The van der Waals surface area contributed by atoms with Crippen molar-refractivity contribution in [1.82, 2.24) is 4.98 Å². The lowest BCUT2D eigenvalue weighted by Gasteiger charge is -2.28. The first kappa shape index (κ1) is 16.9. The van der Waals surface area contributed by atoms with Gasteiger partial charge in [-0.2, -0.15) is 0 Å². The molecule has 0 amide bonds. The molecule has 1 aromatic carbocycles. The lowest BCUT2D eigenvalue weighted by atomic mass is 10.1. The van der Waals surface area contributed by atoms with E-state index in [0.717, 1.165) is 48.3 Å². The van der Waals surface area contributed by atoms with Crippen molar-refractivity contribution in [2.45, 2.75) is 17.9 Å². The number of ether oxygens (including phenoxy) is 1. The molecular weight excluding hydrogens is 322 g/mol. The number of pyridine rings is 1. The summed E-state index contributed by atoms with van der Waals surface area (Å²) in [6.45, 7) is 5.41. The summed E-state index contributed by atoms with van der Waals surface area (Å²) in [5.74, 6) is 0.992. The Morgan fingerprint density at radius 2 is 1.88 bits per heavy atom. The largest absolute Gasteiger partial charge is 0.378 e. The molecule has 0 aliphatic carbocycles. The highest BCUT2D eigenvalue weighted by Crippen LogP contribution is 2.21. The van der Waals surface area contributed by atoms with Crippen LogP contribution in [0.15, 0.2) is 47.5 Å². The van der Waals surface area contributed by atoms with E-state index in [1.807, 2.05) is 36.5 Å². The lowest BCUT2D eigenvalue weighted by molar-refractivity contribution is 0.122. The van der Waals surface area contributed by atoms with Gasteiger partial charge in [-0.1, -0.05) is 12.1 Å². The molecule has 0 radical (unpaired) electrons. The third-order valence-electron chi connectivity index (χ3n) is 4.18. The van der Waals surface area contributed by atoms with Crippen LogP contribution in [-0.4, -0.2) is 41.8 Å². The standard InChI is InChI=1S/C18H23N3O2S/c1-14(15-3-6-17(7-4-15)24(2)22)20-16-5-8-18(19-13-16)21-9-11-23-12-10-21/h3-8,13-14,20H,9-12H2,1-2H3/t14-,24-/m0/s1. The molecule has 24 heavy (non-hydrogen) atoms. The highest BCUT2D eigenvalue weighted by molar-refractivity contribution is 7.84. The van der Waals surface area contributed by atoms with Crippen molar-refractivity contribution in [2.75, 3.05) is 42.8 Å². The molecule has 0 unspecified atom stereocenters. The van der Waals surface area contributed by atoms with Gasteiger partial charge >= 0.3 is 0 Å². The first-order valence-electron chi connectivity index (χ1n) is 8.12. The molecule has 0 spiro atoms. The van der Waals surface area contributed by atoms with Gasteiger partial charge in [0.2, 0.25) is 0 Å². The molecule has 2 aromatic rings. The number of nitrogens with one attached hydrogen (secondary N) is 1. The Hall–Kier alpha value is -1.92. The number of rotatable bonds is 5. The maximum Gasteiger partial charge on any atom is 0.128 e. The van der Waals surface area contributed by atoms with Crippen LogP contribution in [0.5, 0.6) is 0 Å². The first-order chi connectivity index (χ1) is 11.6. The Labute approximate surface area is 145 Å². The van der Waals surface area contributed by atoms with E-state index in [-0.39, 0.29) is 6.04 Å². The van der Waals surface area contributed by atoms with Crippen molar-refractivity contribution in [3.05, 3.63) is 48.2 Å². The van der Waals surface area contributed by atoms with Crippen molar-refractivity contribution < 1.29 is 8.95 Å². The normalized spacial score (nSPS) is 17.3. The molecule has 6 heteroatoms. The molecule has 5 nitrogen and oxygen atoms in total. The summed E-state index contributed by atoms with van der Waals surface area (Å²) in [5.41, 5.74) is 2.14. The van der Waals surface area contributed by atoms with Gasteiger partial charge in [0.25, 0.3) is 0 Å². The summed E-state index contributed by atoms with van der Waals surface area (Å²) in [4.78, 5) is 7.64. The van der Waals surface area contributed by atoms with Crippen LogP contribution >= 0.6 is 0 Å². The number of hydrogen-bond donors (Lipinski definition) is 1. The average Bonchev–Trinajstić information content (AvgIpc) is 2.63. The Morgan fingerprint density at radius 1 is 1.17 bits per heavy atom. The fraction of sp³-hybridized carbons (Fsp3) is 0.389. The summed E-state index contributed by atoms with van der Waals surface area (Å²) in [6.07, 6.45) is 3.56. The minimum Gasteiger partial charge on any atom is -0.378 e. The van der Waals surface area contributed by atoms with E-state index in [1.54, 1.807) is 6.26 Å². The number of morpholine rings is 1. The molecule has 3 rings (SSSR count).